The van der Waals surface area contributed by atoms with Gasteiger partial charge in [0.15, 0.2) is 5.76 Å². The Bertz CT molecular complexity index is 970. The summed E-state index contributed by atoms with van der Waals surface area (Å²) in [5.41, 5.74) is 2.75. The van der Waals surface area contributed by atoms with Crippen LogP contribution in [0.2, 0.25) is 0 Å². The van der Waals surface area contributed by atoms with Crippen molar-refractivity contribution in [1.29, 1.82) is 0 Å². The first-order valence-electron chi connectivity index (χ1n) is 7.20. The molecule has 0 spiro atoms. The lowest BCUT2D eigenvalue weighted by atomic mass is 10.2. The molecule has 0 saturated carbocycles. The average Bonchev–Trinajstić information content (AvgIpc) is 3.20. The van der Waals surface area contributed by atoms with Crippen molar-refractivity contribution in [2.45, 2.75) is 6.61 Å². The van der Waals surface area contributed by atoms with Crippen molar-refractivity contribution in [2.75, 3.05) is 0 Å². The van der Waals surface area contributed by atoms with Crippen LogP contribution in [-0.2, 0) is 6.61 Å². The van der Waals surface area contributed by atoms with E-state index >= 15 is 0 Å². The molecule has 1 N–H and O–H groups in total. The first kappa shape index (κ1) is 14.2. The molecule has 2 aromatic carbocycles. The van der Waals surface area contributed by atoms with Crippen LogP contribution >= 0.6 is 15.9 Å². The summed E-state index contributed by atoms with van der Waals surface area (Å²) < 4.78 is 8.59. The molecule has 0 aliphatic carbocycles. The summed E-state index contributed by atoms with van der Waals surface area (Å²) in [6.45, 7) is -0.120. The van der Waals surface area contributed by atoms with Crippen molar-refractivity contribution in [1.82, 2.24) is 9.78 Å². The number of hydrogen-bond acceptors (Lipinski definition) is 3. The van der Waals surface area contributed by atoms with Gasteiger partial charge in [-0.15, -0.1) is 0 Å². The van der Waals surface area contributed by atoms with Crippen LogP contribution in [-0.4, -0.2) is 14.9 Å². The lowest BCUT2D eigenvalue weighted by molar-refractivity contribution is 0.248. The molecule has 0 saturated heterocycles. The van der Waals surface area contributed by atoms with E-state index in [4.69, 9.17) is 9.52 Å². The van der Waals surface area contributed by atoms with Crippen molar-refractivity contribution >= 4 is 26.8 Å². The number of aromatic nitrogens is 2. The molecule has 0 unspecified atom stereocenters. The smallest absolute Gasteiger partial charge is 0.155 e. The zero-order valence-electron chi connectivity index (χ0n) is 12.1. The van der Waals surface area contributed by atoms with Crippen molar-refractivity contribution in [3.63, 3.8) is 0 Å². The summed E-state index contributed by atoms with van der Waals surface area (Å²) in [7, 11) is 0. The van der Waals surface area contributed by atoms with Gasteiger partial charge in [0.2, 0.25) is 0 Å². The van der Waals surface area contributed by atoms with Crippen LogP contribution in [0.4, 0.5) is 0 Å². The molecule has 23 heavy (non-hydrogen) atoms. The van der Waals surface area contributed by atoms with Crippen molar-refractivity contribution in [3.05, 3.63) is 70.9 Å². The zero-order valence-corrected chi connectivity index (χ0v) is 13.7. The van der Waals surface area contributed by atoms with Crippen molar-refractivity contribution in [3.8, 4) is 17.1 Å². The Labute approximate surface area is 141 Å². The third kappa shape index (κ3) is 2.48. The van der Waals surface area contributed by atoms with Gasteiger partial charge in [0.05, 0.1) is 11.2 Å². The minimum absolute atomic E-state index is 0.120. The highest BCUT2D eigenvalue weighted by atomic mass is 79.9. The highest BCUT2D eigenvalue weighted by molar-refractivity contribution is 9.10. The number of aliphatic hydroxyl groups is 1. The predicted molar refractivity (Wildman–Crippen MR) is 92.4 cm³/mol. The van der Waals surface area contributed by atoms with Crippen LogP contribution < -0.4 is 0 Å². The number of furan rings is 1. The van der Waals surface area contributed by atoms with E-state index in [9.17, 15) is 5.11 Å². The summed E-state index contributed by atoms with van der Waals surface area (Å²) in [6, 6.07) is 19.6. The highest BCUT2D eigenvalue weighted by Crippen LogP contribution is 2.31. The number of hydrogen-bond donors (Lipinski definition) is 1. The van der Waals surface area contributed by atoms with Crippen LogP contribution in [0.3, 0.4) is 0 Å². The van der Waals surface area contributed by atoms with Gasteiger partial charge in [0.1, 0.15) is 18.1 Å². The third-order valence-corrected chi connectivity index (χ3v) is 4.24. The molecule has 0 fully saturated rings. The van der Waals surface area contributed by atoms with E-state index in [0.29, 0.717) is 11.5 Å². The molecule has 0 aliphatic heterocycles. The monoisotopic (exact) mass is 368 g/mol. The normalized spacial score (nSPS) is 11.2. The predicted octanol–water partition coefficient (Wildman–Crippen LogP) is 4.54. The number of para-hydroxylation sites is 1. The third-order valence-electron chi connectivity index (χ3n) is 3.71. The second-order valence-corrected chi connectivity index (χ2v) is 6.09. The molecular weight excluding hydrogens is 356 g/mol. The van der Waals surface area contributed by atoms with Gasteiger partial charge in [-0.3, -0.25) is 0 Å². The second-order valence-electron chi connectivity index (χ2n) is 5.18. The minimum atomic E-state index is -0.120. The molecule has 0 radical (unpaired) electrons. The number of halogens is 1. The Morgan fingerprint density at radius 1 is 1.00 bits per heavy atom. The number of aliphatic hydroxyl groups excluding tert-OH is 1. The van der Waals surface area contributed by atoms with Crippen LogP contribution in [0, 0.1) is 0 Å². The summed E-state index contributed by atoms with van der Waals surface area (Å²) in [5.74, 6) is 1.18. The van der Waals surface area contributed by atoms with E-state index in [-0.39, 0.29) is 6.61 Å². The average molecular weight is 369 g/mol. The molecular formula is C18H13BrN2O2. The number of nitrogens with zero attached hydrogens (tertiary/aromatic N) is 2. The maximum absolute atomic E-state index is 9.20. The molecule has 2 aromatic heterocycles. The number of rotatable bonds is 3. The maximum atomic E-state index is 9.20. The summed E-state index contributed by atoms with van der Waals surface area (Å²) in [4.78, 5) is 0. The maximum Gasteiger partial charge on any atom is 0.155 e. The first-order chi connectivity index (χ1) is 11.3. The van der Waals surface area contributed by atoms with Crippen LogP contribution in [0.5, 0.6) is 0 Å². The number of benzene rings is 2. The van der Waals surface area contributed by atoms with Gasteiger partial charge in [-0.05, 0) is 42.5 Å². The van der Waals surface area contributed by atoms with Gasteiger partial charge in [-0.1, -0.05) is 34.1 Å². The van der Waals surface area contributed by atoms with Crippen molar-refractivity contribution in [2.24, 2.45) is 0 Å². The van der Waals surface area contributed by atoms with E-state index in [2.05, 4.69) is 15.9 Å². The number of fused-ring (bicyclic) bond motifs is 1. The lowest BCUT2D eigenvalue weighted by Crippen LogP contribution is -1.95. The van der Waals surface area contributed by atoms with Crippen LogP contribution in [0.15, 0.2) is 69.6 Å². The summed E-state index contributed by atoms with van der Waals surface area (Å²) in [6.07, 6.45) is 0. The first-order valence-corrected chi connectivity index (χ1v) is 7.99. The summed E-state index contributed by atoms with van der Waals surface area (Å²) in [5, 5.41) is 14.9. The Kier molecular flexibility index (Phi) is 3.52. The quantitative estimate of drug-likeness (QED) is 0.577. The molecule has 5 heteroatoms. The minimum Gasteiger partial charge on any atom is -0.457 e. The molecule has 0 amide bonds. The van der Waals surface area contributed by atoms with E-state index in [1.807, 2.05) is 59.3 Å². The van der Waals surface area contributed by atoms with Crippen LogP contribution in [0.25, 0.3) is 28.0 Å². The fourth-order valence-corrected chi connectivity index (χ4v) is 2.88. The van der Waals surface area contributed by atoms with E-state index in [1.54, 1.807) is 6.07 Å². The SMILES string of the molecule is OCc1ccc(-c2nn(-c3ccc(Br)cc3)c3ccccc23)o1. The Hall–Kier alpha value is -2.37. The second kappa shape index (κ2) is 5.68. The Balaban J connectivity index is 1.94. The molecule has 2 heterocycles. The highest BCUT2D eigenvalue weighted by Gasteiger charge is 2.16. The molecule has 4 rings (SSSR count). The molecule has 0 aliphatic rings. The van der Waals surface area contributed by atoms with Crippen LogP contribution in [0.1, 0.15) is 5.76 Å². The van der Waals surface area contributed by atoms with E-state index < -0.39 is 0 Å². The van der Waals surface area contributed by atoms with E-state index in [1.165, 1.54) is 0 Å². The lowest BCUT2D eigenvalue weighted by Gasteiger charge is -2.03. The van der Waals surface area contributed by atoms with Gasteiger partial charge in [0.25, 0.3) is 0 Å². The van der Waals surface area contributed by atoms with E-state index in [0.717, 1.165) is 26.8 Å². The molecule has 114 valence electrons. The summed E-state index contributed by atoms with van der Waals surface area (Å²) >= 11 is 3.45. The fraction of sp³-hybridized carbons (Fsp3) is 0.0556. The van der Waals surface area contributed by atoms with Gasteiger partial charge in [-0.25, -0.2) is 4.68 Å². The van der Waals surface area contributed by atoms with Gasteiger partial charge in [-0.2, -0.15) is 5.10 Å². The molecule has 4 nitrogen and oxygen atoms in total. The molecule has 4 aromatic rings. The fourth-order valence-electron chi connectivity index (χ4n) is 2.62. The van der Waals surface area contributed by atoms with Crippen molar-refractivity contribution < 1.29 is 9.52 Å². The topological polar surface area (TPSA) is 51.2 Å². The zero-order chi connectivity index (χ0) is 15.8. The molecule has 0 bridgehead atoms. The van der Waals surface area contributed by atoms with Gasteiger partial charge < -0.3 is 9.52 Å². The Morgan fingerprint density at radius 2 is 1.78 bits per heavy atom. The Morgan fingerprint density at radius 3 is 2.52 bits per heavy atom. The van der Waals surface area contributed by atoms with Gasteiger partial charge >= 0.3 is 0 Å². The largest absolute Gasteiger partial charge is 0.457 e. The van der Waals surface area contributed by atoms with Gasteiger partial charge in [0, 0.05) is 9.86 Å². The standard InChI is InChI=1S/C18H13BrN2O2/c19-12-5-7-13(8-6-12)21-16-4-2-1-3-15(16)18(20-21)17-10-9-14(11-22)23-17/h1-10,22H,11H2. The molecule has 0 atom stereocenters.